The van der Waals surface area contributed by atoms with Crippen LogP contribution in [0.2, 0.25) is 0 Å². The van der Waals surface area contributed by atoms with Crippen LogP contribution >= 0.6 is 0 Å². The molecule has 1 atom stereocenters. The van der Waals surface area contributed by atoms with Crippen LogP contribution in [0, 0.1) is 0 Å². The predicted octanol–water partition coefficient (Wildman–Crippen LogP) is 7.79. The summed E-state index contributed by atoms with van der Waals surface area (Å²) >= 11 is 0. The number of hydrogen-bond acceptors (Lipinski definition) is 3. The van der Waals surface area contributed by atoms with Gasteiger partial charge in [0.15, 0.2) is 0 Å². The van der Waals surface area contributed by atoms with E-state index in [9.17, 15) is 4.79 Å². The van der Waals surface area contributed by atoms with E-state index in [-0.39, 0.29) is 12.1 Å². The van der Waals surface area contributed by atoms with Crippen molar-refractivity contribution in [1.29, 1.82) is 0 Å². The number of esters is 1. The highest BCUT2D eigenvalue weighted by Crippen LogP contribution is 2.42. The molecule has 0 N–H and O–H groups in total. The Bertz CT molecular complexity index is 1240. The maximum absolute atomic E-state index is 13.4. The molecule has 3 nitrogen and oxygen atoms in total. The average molecular weight is 427 g/mol. The van der Waals surface area contributed by atoms with Crippen molar-refractivity contribution in [1.82, 2.24) is 0 Å². The Balaban J connectivity index is 1.90. The molecule has 0 saturated heterocycles. The molecule has 0 spiro atoms. The van der Waals surface area contributed by atoms with E-state index in [1.807, 2.05) is 49.4 Å². The molecule has 0 aliphatic rings. The zero-order valence-electron chi connectivity index (χ0n) is 19.1. The second-order valence-electron chi connectivity index (χ2n) is 8.28. The number of unbranched alkanes of at least 4 members (excludes halogenated alkanes) is 2. The minimum atomic E-state index is -0.287. The van der Waals surface area contributed by atoms with Crippen molar-refractivity contribution in [2.24, 2.45) is 0 Å². The molecule has 4 rings (SSSR count). The smallest absolute Gasteiger partial charge is 0.339 e. The van der Waals surface area contributed by atoms with E-state index in [0.29, 0.717) is 5.56 Å². The van der Waals surface area contributed by atoms with Gasteiger partial charge in [-0.25, -0.2) is 4.79 Å². The molecule has 0 aliphatic heterocycles. The molecule has 0 aromatic heterocycles. The van der Waals surface area contributed by atoms with Crippen LogP contribution in [0.3, 0.4) is 0 Å². The first-order valence-corrected chi connectivity index (χ1v) is 11.4. The molecule has 0 saturated carbocycles. The van der Waals surface area contributed by atoms with Crippen LogP contribution < -0.4 is 4.74 Å². The first-order chi connectivity index (χ1) is 15.6. The number of fused-ring (bicyclic) bond motifs is 2. The maximum Gasteiger partial charge on any atom is 0.339 e. The molecule has 0 aliphatic carbocycles. The van der Waals surface area contributed by atoms with Gasteiger partial charge in [-0.2, -0.15) is 0 Å². The highest BCUT2D eigenvalue weighted by molar-refractivity contribution is 6.14. The summed E-state index contributed by atoms with van der Waals surface area (Å²) in [5.41, 5.74) is 2.36. The minimum Gasteiger partial charge on any atom is -0.496 e. The summed E-state index contributed by atoms with van der Waals surface area (Å²) in [6.07, 6.45) is 4.11. The number of methoxy groups -OCH3 is 1. The van der Waals surface area contributed by atoms with Gasteiger partial charge in [-0.15, -0.1) is 0 Å². The van der Waals surface area contributed by atoms with Crippen LogP contribution in [-0.2, 0) is 4.74 Å². The average Bonchev–Trinajstić information content (AvgIpc) is 2.82. The van der Waals surface area contributed by atoms with Crippen molar-refractivity contribution >= 4 is 27.5 Å². The van der Waals surface area contributed by atoms with Crippen molar-refractivity contribution in [3.63, 3.8) is 0 Å². The lowest BCUT2D eigenvalue weighted by Gasteiger charge is -2.19. The summed E-state index contributed by atoms with van der Waals surface area (Å²) in [6.45, 7) is 4.16. The summed E-state index contributed by atoms with van der Waals surface area (Å²) in [7, 11) is 1.67. The molecule has 0 radical (unpaired) electrons. The van der Waals surface area contributed by atoms with Crippen LogP contribution in [0.15, 0.2) is 72.8 Å². The Morgan fingerprint density at radius 2 is 1.44 bits per heavy atom. The lowest BCUT2D eigenvalue weighted by atomic mass is 9.89. The van der Waals surface area contributed by atoms with Crippen LogP contribution in [-0.4, -0.2) is 19.2 Å². The third-order valence-corrected chi connectivity index (χ3v) is 6.03. The molecule has 4 aromatic carbocycles. The lowest BCUT2D eigenvalue weighted by molar-refractivity contribution is 0.0321. The molecule has 32 heavy (non-hydrogen) atoms. The van der Waals surface area contributed by atoms with Crippen molar-refractivity contribution < 1.29 is 14.3 Å². The normalized spacial score (nSPS) is 12.1. The van der Waals surface area contributed by atoms with E-state index in [2.05, 4.69) is 37.3 Å². The Morgan fingerprint density at radius 1 is 0.812 bits per heavy atom. The van der Waals surface area contributed by atoms with Crippen molar-refractivity contribution in [2.45, 2.75) is 45.6 Å². The Kier molecular flexibility index (Phi) is 6.75. The molecule has 3 heteroatoms. The predicted molar refractivity (Wildman–Crippen MR) is 132 cm³/mol. The number of carbonyl (C=O) groups excluding carboxylic acids is 1. The topological polar surface area (TPSA) is 35.5 Å². The van der Waals surface area contributed by atoms with Gasteiger partial charge in [0.2, 0.25) is 0 Å². The molecular weight excluding hydrogens is 396 g/mol. The van der Waals surface area contributed by atoms with E-state index >= 15 is 0 Å². The van der Waals surface area contributed by atoms with E-state index in [0.717, 1.165) is 64.1 Å². The van der Waals surface area contributed by atoms with Crippen LogP contribution in [0.5, 0.6) is 5.75 Å². The summed E-state index contributed by atoms with van der Waals surface area (Å²) in [5.74, 6) is 0.454. The summed E-state index contributed by atoms with van der Waals surface area (Å²) in [4.78, 5) is 13.4. The fraction of sp³-hybridized carbons (Fsp3) is 0.276. The first-order valence-electron chi connectivity index (χ1n) is 11.4. The monoisotopic (exact) mass is 426 g/mol. The lowest BCUT2D eigenvalue weighted by Crippen LogP contribution is -2.16. The summed E-state index contributed by atoms with van der Waals surface area (Å²) in [5, 5.41) is 4.23. The van der Waals surface area contributed by atoms with E-state index in [1.54, 1.807) is 7.11 Å². The Hall–Kier alpha value is -3.33. The van der Waals surface area contributed by atoms with Gasteiger partial charge in [0.25, 0.3) is 0 Å². The number of hydrogen-bond donors (Lipinski definition) is 0. The van der Waals surface area contributed by atoms with E-state index in [1.165, 1.54) is 0 Å². The fourth-order valence-corrected chi connectivity index (χ4v) is 4.38. The third-order valence-electron chi connectivity index (χ3n) is 6.03. The van der Waals surface area contributed by atoms with Gasteiger partial charge in [-0.1, -0.05) is 80.4 Å². The highest BCUT2D eigenvalue weighted by atomic mass is 16.5. The number of carbonyl (C=O) groups is 1. The number of benzene rings is 4. The number of ether oxygens (including phenoxy) is 2. The van der Waals surface area contributed by atoms with Crippen LogP contribution in [0.4, 0.5) is 0 Å². The molecule has 0 unspecified atom stereocenters. The van der Waals surface area contributed by atoms with Gasteiger partial charge >= 0.3 is 5.97 Å². The van der Waals surface area contributed by atoms with Gasteiger partial charge in [0, 0.05) is 11.1 Å². The summed E-state index contributed by atoms with van der Waals surface area (Å²) < 4.78 is 11.7. The largest absolute Gasteiger partial charge is 0.496 e. The molecular formula is C29H30O3. The molecule has 4 aromatic rings. The van der Waals surface area contributed by atoms with Crippen molar-refractivity contribution in [3.05, 3.63) is 78.4 Å². The highest BCUT2D eigenvalue weighted by Gasteiger charge is 2.23. The van der Waals surface area contributed by atoms with Gasteiger partial charge < -0.3 is 9.47 Å². The Morgan fingerprint density at radius 3 is 2.09 bits per heavy atom. The zero-order valence-corrected chi connectivity index (χ0v) is 19.1. The van der Waals surface area contributed by atoms with Gasteiger partial charge in [-0.3, -0.25) is 0 Å². The maximum atomic E-state index is 13.4. The molecule has 164 valence electrons. The molecule has 0 fully saturated rings. The fourth-order valence-electron chi connectivity index (χ4n) is 4.38. The second kappa shape index (κ2) is 9.86. The van der Waals surface area contributed by atoms with E-state index < -0.39 is 0 Å². The van der Waals surface area contributed by atoms with Crippen molar-refractivity contribution in [2.75, 3.05) is 7.11 Å². The standard InChI is InChI=1S/C29H30O3/c1-4-5-6-11-20(2)32-29(30)25-18-16-21-12-7-9-14-23(21)27(25)28-24-15-10-8-13-22(24)17-19-26(28)31-3/h7-10,12-20H,4-6,11H2,1-3H3/t20-/m0/s1. The molecule has 0 heterocycles. The third kappa shape index (κ3) is 4.34. The first kappa shape index (κ1) is 21.9. The molecule has 0 amide bonds. The van der Waals surface area contributed by atoms with Crippen molar-refractivity contribution in [3.8, 4) is 16.9 Å². The van der Waals surface area contributed by atoms with Crippen LogP contribution in [0.25, 0.3) is 32.7 Å². The Labute approximate surface area is 190 Å². The quantitative estimate of drug-likeness (QED) is 0.213. The van der Waals surface area contributed by atoms with E-state index in [4.69, 9.17) is 9.47 Å². The second-order valence-corrected chi connectivity index (χ2v) is 8.28. The van der Waals surface area contributed by atoms with Gasteiger partial charge in [0.1, 0.15) is 5.75 Å². The number of rotatable bonds is 8. The van der Waals surface area contributed by atoms with Crippen LogP contribution in [0.1, 0.15) is 49.9 Å². The molecule has 0 bridgehead atoms. The van der Waals surface area contributed by atoms with Gasteiger partial charge in [0.05, 0.1) is 18.8 Å². The van der Waals surface area contributed by atoms with Gasteiger partial charge in [-0.05, 0) is 53.4 Å². The zero-order chi connectivity index (χ0) is 22.5. The minimum absolute atomic E-state index is 0.122. The SMILES string of the molecule is CCCCC[C@H](C)OC(=O)c1ccc2ccccc2c1-c1c(OC)ccc2ccccc12. The summed E-state index contributed by atoms with van der Waals surface area (Å²) in [6, 6.07) is 24.3.